The molecule has 3 N–H and O–H groups in total. The Morgan fingerprint density at radius 3 is 2.53 bits per heavy atom. The van der Waals surface area contributed by atoms with Crippen molar-refractivity contribution in [2.45, 2.75) is 25.8 Å². The van der Waals surface area contributed by atoms with Crippen molar-refractivity contribution in [2.24, 2.45) is 5.73 Å². The van der Waals surface area contributed by atoms with Crippen LogP contribution < -0.4 is 5.73 Å². The average Bonchev–Trinajstić information content (AvgIpc) is 2.39. The molecule has 0 saturated carbocycles. The molecule has 0 radical (unpaired) electrons. The fraction of sp³-hybridized carbons (Fsp3) is 0.571. The molecule has 0 amide bonds. The second kappa shape index (κ2) is 8.23. The molecular weight excluding hydrogens is 212 g/mol. The fourth-order valence-corrected chi connectivity index (χ4v) is 1.91. The highest BCUT2D eigenvalue weighted by atomic mass is 16.3. The molecule has 1 aromatic carbocycles. The van der Waals surface area contributed by atoms with Gasteiger partial charge in [-0.3, -0.25) is 0 Å². The number of benzene rings is 1. The molecule has 0 aromatic heterocycles. The Bertz CT molecular complexity index is 290. The van der Waals surface area contributed by atoms with Crippen LogP contribution in [-0.4, -0.2) is 36.2 Å². The first-order valence-electron chi connectivity index (χ1n) is 6.41. The third-order valence-corrected chi connectivity index (χ3v) is 3.06. The molecule has 96 valence electrons. The monoisotopic (exact) mass is 236 g/mol. The molecule has 0 heterocycles. The topological polar surface area (TPSA) is 49.5 Å². The summed E-state index contributed by atoms with van der Waals surface area (Å²) in [7, 11) is 0. The number of aliphatic hydroxyl groups is 1. The summed E-state index contributed by atoms with van der Waals surface area (Å²) in [6.45, 7) is 5.37. The Kier molecular flexibility index (Phi) is 6.86. The Hall–Kier alpha value is -0.900. The Morgan fingerprint density at radius 2 is 1.94 bits per heavy atom. The number of aliphatic hydroxyl groups excluding tert-OH is 1. The van der Waals surface area contributed by atoms with E-state index in [1.54, 1.807) is 0 Å². The summed E-state index contributed by atoms with van der Waals surface area (Å²) in [4.78, 5) is 2.33. The van der Waals surface area contributed by atoms with Gasteiger partial charge in [0, 0.05) is 19.2 Å². The van der Waals surface area contributed by atoms with Gasteiger partial charge in [0.25, 0.3) is 0 Å². The molecule has 3 nitrogen and oxygen atoms in total. The van der Waals surface area contributed by atoms with E-state index in [1.165, 1.54) is 5.56 Å². The fourth-order valence-electron chi connectivity index (χ4n) is 1.91. The smallest absolute Gasteiger partial charge is 0.0443 e. The van der Waals surface area contributed by atoms with E-state index >= 15 is 0 Å². The Morgan fingerprint density at radius 1 is 1.24 bits per heavy atom. The largest absolute Gasteiger partial charge is 0.396 e. The second-order valence-electron chi connectivity index (χ2n) is 4.32. The van der Waals surface area contributed by atoms with Crippen LogP contribution in [0.5, 0.6) is 0 Å². The minimum Gasteiger partial charge on any atom is -0.396 e. The first-order chi connectivity index (χ1) is 8.27. The first-order valence-corrected chi connectivity index (χ1v) is 6.41. The molecule has 1 rings (SSSR count). The molecule has 3 heteroatoms. The summed E-state index contributed by atoms with van der Waals surface area (Å²) in [6, 6.07) is 10.3. The summed E-state index contributed by atoms with van der Waals surface area (Å²) >= 11 is 0. The molecule has 1 atom stereocenters. The van der Waals surface area contributed by atoms with Gasteiger partial charge in [-0.2, -0.15) is 0 Å². The lowest BCUT2D eigenvalue weighted by atomic mass is 10.0. The molecule has 0 aliphatic heterocycles. The minimum absolute atomic E-state index is 0.111. The highest BCUT2D eigenvalue weighted by Gasteiger charge is 2.08. The van der Waals surface area contributed by atoms with Crippen molar-refractivity contribution in [2.75, 3.05) is 26.2 Å². The predicted molar refractivity (Wildman–Crippen MR) is 71.8 cm³/mol. The molecule has 0 aliphatic rings. The molecule has 0 fully saturated rings. The number of rotatable bonds is 8. The molecule has 17 heavy (non-hydrogen) atoms. The summed E-state index contributed by atoms with van der Waals surface area (Å²) in [6.07, 6.45) is 1.80. The van der Waals surface area contributed by atoms with E-state index in [0.29, 0.717) is 0 Å². The molecule has 1 aromatic rings. The van der Waals surface area contributed by atoms with Crippen LogP contribution in [0.1, 0.15) is 31.4 Å². The summed E-state index contributed by atoms with van der Waals surface area (Å²) in [5.74, 6) is 0. The zero-order valence-corrected chi connectivity index (χ0v) is 10.7. The molecule has 0 aliphatic carbocycles. The van der Waals surface area contributed by atoms with Gasteiger partial charge in [-0.25, -0.2) is 0 Å². The van der Waals surface area contributed by atoms with E-state index < -0.39 is 0 Å². The molecule has 1 unspecified atom stereocenters. The maximum absolute atomic E-state index is 8.81. The van der Waals surface area contributed by atoms with Gasteiger partial charge in [0.1, 0.15) is 0 Å². The van der Waals surface area contributed by atoms with Crippen LogP contribution in [0.25, 0.3) is 0 Å². The zero-order chi connectivity index (χ0) is 12.5. The average molecular weight is 236 g/mol. The highest BCUT2D eigenvalue weighted by molar-refractivity contribution is 5.18. The number of nitrogens with zero attached hydrogens (tertiary/aromatic N) is 1. The molecular formula is C14H24N2O. The van der Waals surface area contributed by atoms with E-state index in [-0.39, 0.29) is 12.6 Å². The lowest BCUT2D eigenvalue weighted by molar-refractivity contribution is 0.225. The van der Waals surface area contributed by atoms with Crippen molar-refractivity contribution in [1.29, 1.82) is 0 Å². The van der Waals surface area contributed by atoms with Crippen molar-refractivity contribution >= 4 is 0 Å². The van der Waals surface area contributed by atoms with Gasteiger partial charge in [0.05, 0.1) is 0 Å². The van der Waals surface area contributed by atoms with Crippen LogP contribution in [-0.2, 0) is 0 Å². The van der Waals surface area contributed by atoms with Gasteiger partial charge < -0.3 is 15.7 Å². The van der Waals surface area contributed by atoms with Crippen LogP contribution >= 0.6 is 0 Å². The third-order valence-electron chi connectivity index (χ3n) is 3.06. The van der Waals surface area contributed by atoms with Gasteiger partial charge in [-0.15, -0.1) is 0 Å². The molecule has 0 bridgehead atoms. The van der Waals surface area contributed by atoms with Crippen molar-refractivity contribution in [3.8, 4) is 0 Å². The van der Waals surface area contributed by atoms with Crippen LogP contribution in [0.3, 0.4) is 0 Å². The van der Waals surface area contributed by atoms with Crippen molar-refractivity contribution in [3.63, 3.8) is 0 Å². The normalized spacial score (nSPS) is 12.9. The van der Waals surface area contributed by atoms with Crippen LogP contribution in [0.2, 0.25) is 0 Å². The molecule has 0 spiro atoms. The third kappa shape index (κ3) is 5.31. The van der Waals surface area contributed by atoms with E-state index in [9.17, 15) is 0 Å². The van der Waals surface area contributed by atoms with Crippen LogP contribution in [0.4, 0.5) is 0 Å². The number of hydrogen-bond donors (Lipinski definition) is 2. The quantitative estimate of drug-likeness (QED) is 0.723. The Balaban J connectivity index is 2.33. The minimum atomic E-state index is 0.111. The zero-order valence-electron chi connectivity index (χ0n) is 10.7. The van der Waals surface area contributed by atoms with Gasteiger partial charge in [0.15, 0.2) is 0 Å². The summed E-state index contributed by atoms with van der Waals surface area (Å²) in [5.41, 5.74) is 7.35. The number of nitrogens with two attached hydrogens (primary N) is 1. The van der Waals surface area contributed by atoms with Gasteiger partial charge in [-0.1, -0.05) is 37.3 Å². The van der Waals surface area contributed by atoms with Crippen LogP contribution in [0.15, 0.2) is 30.3 Å². The van der Waals surface area contributed by atoms with E-state index in [0.717, 1.165) is 32.5 Å². The maximum atomic E-state index is 8.81. The molecule has 0 saturated heterocycles. The maximum Gasteiger partial charge on any atom is 0.0443 e. The summed E-state index contributed by atoms with van der Waals surface area (Å²) in [5, 5.41) is 8.81. The van der Waals surface area contributed by atoms with E-state index in [4.69, 9.17) is 10.8 Å². The van der Waals surface area contributed by atoms with E-state index in [1.807, 2.05) is 18.2 Å². The van der Waals surface area contributed by atoms with E-state index in [2.05, 4.69) is 24.0 Å². The number of hydrogen-bond acceptors (Lipinski definition) is 3. The van der Waals surface area contributed by atoms with Crippen molar-refractivity contribution < 1.29 is 5.11 Å². The lowest BCUT2D eigenvalue weighted by Gasteiger charge is -2.22. The Labute approximate surface area is 104 Å². The second-order valence-corrected chi connectivity index (χ2v) is 4.32. The predicted octanol–water partition coefficient (Wildman–Crippen LogP) is 1.78. The first kappa shape index (κ1) is 14.2. The highest BCUT2D eigenvalue weighted by Crippen LogP contribution is 2.13. The van der Waals surface area contributed by atoms with Gasteiger partial charge in [-0.05, 0) is 31.5 Å². The summed E-state index contributed by atoms with van der Waals surface area (Å²) < 4.78 is 0. The lowest BCUT2D eigenvalue weighted by Crippen LogP contribution is -2.28. The van der Waals surface area contributed by atoms with Gasteiger partial charge >= 0.3 is 0 Å². The SMILES string of the molecule is CCN(CCCO)CCC(N)c1ccccc1. The van der Waals surface area contributed by atoms with Crippen molar-refractivity contribution in [3.05, 3.63) is 35.9 Å². The standard InChI is InChI=1S/C14H24N2O/c1-2-16(10-6-12-17)11-9-14(15)13-7-4-3-5-8-13/h3-5,7-8,14,17H,2,6,9-12,15H2,1H3. The van der Waals surface area contributed by atoms with Gasteiger partial charge in [0.2, 0.25) is 0 Å². The van der Waals surface area contributed by atoms with Crippen LogP contribution in [0, 0.1) is 0 Å². The van der Waals surface area contributed by atoms with Crippen molar-refractivity contribution in [1.82, 2.24) is 4.90 Å².